The minimum Gasteiger partial charge on any atom is -0.483 e. The van der Waals surface area contributed by atoms with Crippen LogP contribution >= 0.6 is 15.9 Å². The molecule has 1 amide bonds. The Bertz CT molecular complexity index is 432. The van der Waals surface area contributed by atoms with Gasteiger partial charge in [-0.3, -0.25) is 4.79 Å². The predicted molar refractivity (Wildman–Crippen MR) is 81.5 cm³/mol. The maximum atomic E-state index is 11.7. The van der Waals surface area contributed by atoms with Crippen LogP contribution in [0.4, 0.5) is 0 Å². The number of ether oxygens (including phenoxy) is 1. The number of amides is 1. The van der Waals surface area contributed by atoms with Crippen molar-refractivity contribution in [1.82, 2.24) is 5.32 Å². The lowest BCUT2D eigenvalue weighted by Crippen LogP contribution is -2.38. The SMILES string of the molecule is CCc1ccc(OCC(=O)NC(C)C(C)C)c(Br)c1. The van der Waals surface area contributed by atoms with Gasteiger partial charge < -0.3 is 10.1 Å². The van der Waals surface area contributed by atoms with Crippen molar-refractivity contribution in [3.8, 4) is 5.75 Å². The highest BCUT2D eigenvalue weighted by atomic mass is 79.9. The van der Waals surface area contributed by atoms with E-state index in [9.17, 15) is 4.79 Å². The van der Waals surface area contributed by atoms with Crippen LogP contribution in [-0.2, 0) is 11.2 Å². The summed E-state index contributed by atoms with van der Waals surface area (Å²) in [6, 6.07) is 6.07. The Hall–Kier alpha value is -1.03. The van der Waals surface area contributed by atoms with Gasteiger partial charge in [0.2, 0.25) is 0 Å². The van der Waals surface area contributed by atoms with E-state index in [2.05, 4.69) is 42.0 Å². The van der Waals surface area contributed by atoms with E-state index in [1.165, 1.54) is 5.56 Å². The van der Waals surface area contributed by atoms with Gasteiger partial charge in [0.15, 0.2) is 6.61 Å². The van der Waals surface area contributed by atoms with Crippen LogP contribution in [0.15, 0.2) is 22.7 Å². The minimum atomic E-state index is -0.0901. The summed E-state index contributed by atoms with van der Waals surface area (Å²) in [6.45, 7) is 8.29. The van der Waals surface area contributed by atoms with Crippen molar-refractivity contribution in [2.45, 2.75) is 40.2 Å². The first kappa shape index (κ1) is 16.0. The molecule has 0 spiro atoms. The summed E-state index contributed by atoms with van der Waals surface area (Å²) in [5.74, 6) is 1.02. The van der Waals surface area contributed by atoms with E-state index in [-0.39, 0.29) is 18.6 Å². The van der Waals surface area contributed by atoms with Crippen LogP contribution < -0.4 is 10.1 Å². The molecule has 1 rings (SSSR count). The third-order valence-corrected chi connectivity index (χ3v) is 3.77. The molecule has 0 saturated heterocycles. The lowest BCUT2D eigenvalue weighted by Gasteiger charge is -2.17. The van der Waals surface area contributed by atoms with Crippen LogP contribution in [0, 0.1) is 5.92 Å². The standard InChI is InChI=1S/C15H22BrNO2/c1-5-12-6-7-14(13(16)8-12)19-9-15(18)17-11(4)10(2)3/h6-8,10-11H,5,9H2,1-4H3,(H,17,18). The third-order valence-electron chi connectivity index (χ3n) is 3.15. The van der Waals surface area contributed by atoms with Gasteiger partial charge >= 0.3 is 0 Å². The first-order valence-electron chi connectivity index (χ1n) is 6.64. The van der Waals surface area contributed by atoms with E-state index < -0.39 is 0 Å². The summed E-state index contributed by atoms with van der Waals surface area (Å²) in [4.78, 5) is 11.7. The number of carbonyl (C=O) groups excluding carboxylic acids is 1. The lowest BCUT2D eigenvalue weighted by atomic mass is 10.1. The topological polar surface area (TPSA) is 38.3 Å². The summed E-state index contributed by atoms with van der Waals surface area (Å²) in [5, 5.41) is 2.91. The summed E-state index contributed by atoms with van der Waals surface area (Å²) < 4.78 is 6.41. The van der Waals surface area contributed by atoms with E-state index in [1.807, 2.05) is 25.1 Å². The molecular weight excluding hydrogens is 306 g/mol. The van der Waals surface area contributed by atoms with Crippen molar-refractivity contribution in [3.63, 3.8) is 0 Å². The molecule has 106 valence electrons. The van der Waals surface area contributed by atoms with Crippen LogP contribution in [0.1, 0.15) is 33.3 Å². The maximum Gasteiger partial charge on any atom is 0.258 e. The van der Waals surface area contributed by atoms with Crippen LogP contribution in [0.3, 0.4) is 0 Å². The van der Waals surface area contributed by atoms with Gasteiger partial charge in [0.05, 0.1) is 4.47 Å². The molecule has 1 atom stereocenters. The van der Waals surface area contributed by atoms with Crippen LogP contribution in [-0.4, -0.2) is 18.6 Å². The molecule has 3 nitrogen and oxygen atoms in total. The maximum absolute atomic E-state index is 11.7. The minimum absolute atomic E-state index is 0.0428. The van der Waals surface area contributed by atoms with E-state index in [0.717, 1.165) is 10.9 Å². The number of hydrogen-bond acceptors (Lipinski definition) is 2. The predicted octanol–water partition coefficient (Wildman–Crippen LogP) is 3.55. The Morgan fingerprint density at radius 3 is 2.58 bits per heavy atom. The van der Waals surface area contributed by atoms with Gasteiger partial charge in [-0.05, 0) is 52.9 Å². The third kappa shape index (κ3) is 5.23. The molecule has 1 N–H and O–H groups in total. The van der Waals surface area contributed by atoms with Crippen LogP contribution in [0.2, 0.25) is 0 Å². The second kappa shape index (κ2) is 7.53. The average Bonchev–Trinajstić information content (AvgIpc) is 2.36. The van der Waals surface area contributed by atoms with E-state index >= 15 is 0 Å². The number of carbonyl (C=O) groups is 1. The number of nitrogens with one attached hydrogen (secondary N) is 1. The fraction of sp³-hybridized carbons (Fsp3) is 0.533. The molecule has 0 bridgehead atoms. The normalized spacial score (nSPS) is 12.3. The molecule has 1 aromatic carbocycles. The smallest absolute Gasteiger partial charge is 0.258 e. The van der Waals surface area contributed by atoms with Gasteiger partial charge in [-0.25, -0.2) is 0 Å². The number of benzene rings is 1. The van der Waals surface area contributed by atoms with Gasteiger partial charge in [0, 0.05) is 6.04 Å². The zero-order valence-corrected chi connectivity index (χ0v) is 13.6. The van der Waals surface area contributed by atoms with Crippen molar-refractivity contribution < 1.29 is 9.53 Å². The molecule has 0 fully saturated rings. The monoisotopic (exact) mass is 327 g/mol. The molecule has 1 unspecified atom stereocenters. The number of rotatable bonds is 6. The highest BCUT2D eigenvalue weighted by Gasteiger charge is 2.11. The Labute approximate surface area is 123 Å². The summed E-state index contributed by atoms with van der Waals surface area (Å²) in [6.07, 6.45) is 0.977. The molecule has 19 heavy (non-hydrogen) atoms. The average molecular weight is 328 g/mol. The van der Waals surface area contributed by atoms with E-state index in [1.54, 1.807) is 0 Å². The van der Waals surface area contributed by atoms with Gasteiger partial charge in [0.1, 0.15) is 5.75 Å². The quantitative estimate of drug-likeness (QED) is 0.867. The Balaban J connectivity index is 2.50. The Kier molecular flexibility index (Phi) is 6.35. The Morgan fingerprint density at radius 1 is 1.37 bits per heavy atom. The lowest BCUT2D eigenvalue weighted by molar-refractivity contribution is -0.124. The molecule has 0 heterocycles. The summed E-state index contributed by atoms with van der Waals surface area (Å²) in [7, 11) is 0. The van der Waals surface area contributed by atoms with E-state index in [4.69, 9.17) is 4.74 Å². The fourth-order valence-corrected chi connectivity index (χ4v) is 2.03. The van der Waals surface area contributed by atoms with Gasteiger partial charge in [-0.2, -0.15) is 0 Å². The second-order valence-corrected chi connectivity index (χ2v) is 5.86. The highest BCUT2D eigenvalue weighted by Crippen LogP contribution is 2.26. The highest BCUT2D eigenvalue weighted by molar-refractivity contribution is 9.10. The van der Waals surface area contributed by atoms with E-state index in [0.29, 0.717) is 11.7 Å². The van der Waals surface area contributed by atoms with Gasteiger partial charge in [-0.1, -0.05) is 26.8 Å². The molecule has 0 aliphatic rings. The molecule has 1 aromatic rings. The summed E-state index contributed by atoms with van der Waals surface area (Å²) in [5.41, 5.74) is 1.23. The summed E-state index contributed by atoms with van der Waals surface area (Å²) >= 11 is 3.46. The van der Waals surface area contributed by atoms with Crippen molar-refractivity contribution in [3.05, 3.63) is 28.2 Å². The molecule has 0 aromatic heterocycles. The van der Waals surface area contributed by atoms with Crippen molar-refractivity contribution >= 4 is 21.8 Å². The van der Waals surface area contributed by atoms with Crippen LogP contribution in [0.5, 0.6) is 5.75 Å². The van der Waals surface area contributed by atoms with Crippen molar-refractivity contribution in [1.29, 1.82) is 0 Å². The van der Waals surface area contributed by atoms with Crippen molar-refractivity contribution in [2.75, 3.05) is 6.61 Å². The molecule has 0 aliphatic heterocycles. The first-order valence-corrected chi connectivity index (χ1v) is 7.44. The number of aryl methyl sites for hydroxylation is 1. The number of halogens is 1. The Morgan fingerprint density at radius 2 is 2.05 bits per heavy atom. The first-order chi connectivity index (χ1) is 8.93. The molecular formula is C15H22BrNO2. The van der Waals surface area contributed by atoms with Gasteiger partial charge in [-0.15, -0.1) is 0 Å². The zero-order valence-electron chi connectivity index (χ0n) is 12.0. The zero-order chi connectivity index (χ0) is 14.4. The molecule has 0 saturated carbocycles. The fourth-order valence-electron chi connectivity index (χ4n) is 1.49. The van der Waals surface area contributed by atoms with Gasteiger partial charge in [0.25, 0.3) is 5.91 Å². The molecule has 0 radical (unpaired) electrons. The largest absolute Gasteiger partial charge is 0.483 e. The molecule has 0 aliphatic carbocycles. The van der Waals surface area contributed by atoms with Crippen molar-refractivity contribution in [2.24, 2.45) is 5.92 Å². The molecule has 4 heteroatoms. The second-order valence-electron chi connectivity index (χ2n) is 5.01. The number of hydrogen-bond donors (Lipinski definition) is 1. The van der Waals surface area contributed by atoms with Crippen LogP contribution in [0.25, 0.3) is 0 Å².